The number of carbonyl (C=O) groups is 1. The van der Waals surface area contributed by atoms with Crippen molar-refractivity contribution in [3.63, 3.8) is 0 Å². The summed E-state index contributed by atoms with van der Waals surface area (Å²) in [4.78, 5) is 15.2. The third kappa shape index (κ3) is 7.39. The van der Waals surface area contributed by atoms with Crippen LogP contribution in [-0.2, 0) is 26.2 Å². The van der Waals surface area contributed by atoms with Gasteiger partial charge >= 0.3 is 16.2 Å². The van der Waals surface area contributed by atoms with Crippen LogP contribution in [-0.4, -0.2) is 32.0 Å². The molecule has 7 nitrogen and oxygen atoms in total. The van der Waals surface area contributed by atoms with Crippen molar-refractivity contribution in [1.82, 2.24) is 9.71 Å². The van der Waals surface area contributed by atoms with Crippen molar-refractivity contribution in [3.05, 3.63) is 11.1 Å². The molecular formula is C12H21N3O4S2. The zero-order valence-electron chi connectivity index (χ0n) is 12.6. The Bertz CT molecular complexity index is 576. The van der Waals surface area contributed by atoms with Crippen molar-refractivity contribution < 1.29 is 17.9 Å². The first kappa shape index (κ1) is 17.9. The van der Waals surface area contributed by atoms with Crippen LogP contribution in [0.1, 0.15) is 39.3 Å². The van der Waals surface area contributed by atoms with Crippen LogP contribution in [0.2, 0.25) is 0 Å². The van der Waals surface area contributed by atoms with Crippen LogP contribution < -0.4 is 9.44 Å². The first-order chi connectivity index (χ1) is 9.61. The lowest BCUT2D eigenvalue weighted by molar-refractivity contribution is -0.140. The van der Waals surface area contributed by atoms with Crippen molar-refractivity contribution in [2.24, 2.45) is 0 Å². The van der Waals surface area contributed by atoms with Crippen LogP contribution >= 0.6 is 11.3 Å². The first-order valence-electron chi connectivity index (χ1n) is 6.44. The summed E-state index contributed by atoms with van der Waals surface area (Å²) in [5.74, 6) is -0.263. The third-order valence-electron chi connectivity index (χ3n) is 2.26. The maximum atomic E-state index is 11.9. The monoisotopic (exact) mass is 335 g/mol. The van der Waals surface area contributed by atoms with Crippen molar-refractivity contribution in [1.29, 1.82) is 0 Å². The topological polar surface area (TPSA) is 97.4 Å². The summed E-state index contributed by atoms with van der Waals surface area (Å²) < 4.78 is 33.1. The van der Waals surface area contributed by atoms with E-state index >= 15 is 0 Å². The number of aromatic nitrogens is 1. The maximum Gasteiger partial charge on any atom is 0.305 e. The highest BCUT2D eigenvalue weighted by atomic mass is 32.2. The van der Waals surface area contributed by atoms with Gasteiger partial charge in [-0.25, -0.2) is 9.71 Å². The van der Waals surface area contributed by atoms with E-state index in [1.54, 1.807) is 26.2 Å². The Hall–Kier alpha value is -1.19. The van der Waals surface area contributed by atoms with Crippen LogP contribution in [0.15, 0.2) is 5.38 Å². The van der Waals surface area contributed by atoms with E-state index in [-0.39, 0.29) is 5.97 Å². The van der Waals surface area contributed by atoms with Crippen molar-refractivity contribution in [2.45, 2.75) is 45.6 Å². The van der Waals surface area contributed by atoms with Gasteiger partial charge in [-0.15, -0.1) is 11.3 Å². The second kappa shape index (κ2) is 7.19. The van der Waals surface area contributed by atoms with Crippen LogP contribution in [0.5, 0.6) is 0 Å². The molecule has 0 aliphatic heterocycles. The van der Waals surface area contributed by atoms with Gasteiger partial charge in [-0.2, -0.15) is 13.1 Å². The van der Waals surface area contributed by atoms with E-state index in [0.29, 0.717) is 24.4 Å². The van der Waals surface area contributed by atoms with E-state index in [0.717, 1.165) is 5.69 Å². The van der Waals surface area contributed by atoms with Gasteiger partial charge in [0, 0.05) is 17.3 Å². The number of anilines is 1. The van der Waals surface area contributed by atoms with Gasteiger partial charge in [-0.3, -0.25) is 4.79 Å². The molecule has 0 aromatic carbocycles. The molecule has 21 heavy (non-hydrogen) atoms. The average molecular weight is 335 g/mol. The zero-order chi connectivity index (χ0) is 16.1. The molecule has 0 unspecified atom stereocenters. The van der Waals surface area contributed by atoms with Gasteiger partial charge in [-0.1, -0.05) is 0 Å². The van der Waals surface area contributed by atoms with Gasteiger partial charge in [0.2, 0.25) is 0 Å². The minimum Gasteiger partial charge on any atom is -0.469 e. The summed E-state index contributed by atoms with van der Waals surface area (Å²) in [5, 5.41) is 2.08. The highest BCUT2D eigenvalue weighted by Crippen LogP contribution is 2.18. The number of carbonyl (C=O) groups excluding carboxylic acids is 1. The van der Waals surface area contributed by atoms with Gasteiger partial charge in [0.1, 0.15) is 0 Å². The van der Waals surface area contributed by atoms with E-state index in [4.69, 9.17) is 0 Å². The van der Waals surface area contributed by atoms with E-state index < -0.39 is 15.7 Å². The predicted molar refractivity (Wildman–Crippen MR) is 82.5 cm³/mol. The van der Waals surface area contributed by atoms with E-state index in [2.05, 4.69) is 19.2 Å². The minimum atomic E-state index is -3.64. The Labute approximate surface area is 129 Å². The first-order valence-corrected chi connectivity index (χ1v) is 8.80. The molecule has 0 bridgehead atoms. The Kier molecular flexibility index (Phi) is 6.11. The Morgan fingerprint density at radius 1 is 1.43 bits per heavy atom. The highest BCUT2D eigenvalue weighted by molar-refractivity contribution is 7.91. The van der Waals surface area contributed by atoms with E-state index in [1.165, 1.54) is 18.4 Å². The third-order valence-corrected chi connectivity index (χ3v) is 4.53. The lowest BCUT2D eigenvalue weighted by Crippen LogP contribution is -2.43. The molecule has 1 aromatic rings. The SMILES string of the molecule is COC(=O)CCCc1csc(NS(=O)(=O)NC(C)(C)C)n1. The smallest absolute Gasteiger partial charge is 0.305 e. The summed E-state index contributed by atoms with van der Waals surface area (Å²) in [6.45, 7) is 5.27. The lowest BCUT2D eigenvalue weighted by atomic mass is 10.1. The Balaban J connectivity index is 2.54. The van der Waals surface area contributed by atoms with Crippen molar-refractivity contribution in [2.75, 3.05) is 11.8 Å². The molecule has 1 aromatic heterocycles. The number of nitrogens with one attached hydrogen (secondary N) is 2. The summed E-state index contributed by atoms with van der Waals surface area (Å²) in [5.41, 5.74) is 0.184. The number of esters is 1. The molecule has 0 amide bonds. The van der Waals surface area contributed by atoms with Gasteiger partial charge in [-0.05, 0) is 33.6 Å². The Morgan fingerprint density at radius 3 is 2.67 bits per heavy atom. The molecule has 2 N–H and O–H groups in total. The summed E-state index contributed by atoms with van der Waals surface area (Å²) in [7, 11) is -2.30. The fourth-order valence-corrected chi connectivity index (χ4v) is 3.77. The number of nitrogens with zero attached hydrogens (tertiary/aromatic N) is 1. The number of hydrogen-bond donors (Lipinski definition) is 2. The van der Waals surface area contributed by atoms with Crippen molar-refractivity contribution in [3.8, 4) is 0 Å². The number of aryl methyl sites for hydroxylation is 1. The van der Waals surface area contributed by atoms with E-state index in [1.807, 2.05) is 0 Å². The quantitative estimate of drug-likeness (QED) is 0.739. The van der Waals surface area contributed by atoms with Gasteiger partial charge in [0.15, 0.2) is 5.13 Å². The molecule has 0 spiro atoms. The van der Waals surface area contributed by atoms with Crippen LogP contribution in [0.4, 0.5) is 5.13 Å². The molecule has 0 aliphatic rings. The second-order valence-electron chi connectivity index (χ2n) is 5.53. The highest BCUT2D eigenvalue weighted by Gasteiger charge is 2.20. The van der Waals surface area contributed by atoms with Gasteiger partial charge in [0.05, 0.1) is 12.8 Å². The number of ether oxygens (including phenoxy) is 1. The lowest BCUT2D eigenvalue weighted by Gasteiger charge is -2.20. The molecule has 0 aliphatic carbocycles. The fraction of sp³-hybridized carbons (Fsp3) is 0.667. The van der Waals surface area contributed by atoms with Crippen LogP contribution in [0, 0.1) is 0 Å². The second-order valence-corrected chi connectivity index (χ2v) is 7.80. The maximum absolute atomic E-state index is 11.9. The largest absolute Gasteiger partial charge is 0.469 e. The normalized spacial score (nSPS) is 12.2. The van der Waals surface area contributed by atoms with Crippen molar-refractivity contribution >= 4 is 32.6 Å². The van der Waals surface area contributed by atoms with Crippen LogP contribution in [0.3, 0.4) is 0 Å². The number of hydrogen-bond acceptors (Lipinski definition) is 6. The number of thiazole rings is 1. The Morgan fingerprint density at radius 2 is 2.10 bits per heavy atom. The molecular weight excluding hydrogens is 314 g/mol. The molecule has 120 valence electrons. The molecule has 0 fully saturated rings. The van der Waals surface area contributed by atoms with Gasteiger partial charge in [0.25, 0.3) is 0 Å². The summed E-state index contributed by atoms with van der Waals surface area (Å²) in [6.07, 6.45) is 1.53. The molecule has 1 heterocycles. The summed E-state index contributed by atoms with van der Waals surface area (Å²) in [6, 6.07) is 0. The standard InChI is InChI=1S/C12H21N3O4S2/c1-12(2,3)15-21(17,18)14-11-13-9(8-20-11)6-5-7-10(16)19-4/h8,15H,5-7H2,1-4H3,(H,13,14). The van der Waals surface area contributed by atoms with Crippen LogP contribution in [0.25, 0.3) is 0 Å². The van der Waals surface area contributed by atoms with E-state index in [9.17, 15) is 13.2 Å². The minimum absolute atomic E-state index is 0.263. The molecule has 9 heteroatoms. The molecule has 0 radical (unpaired) electrons. The molecule has 1 rings (SSSR count). The average Bonchev–Trinajstić information content (AvgIpc) is 2.72. The molecule has 0 saturated carbocycles. The molecule has 0 saturated heterocycles. The predicted octanol–water partition coefficient (Wildman–Crippen LogP) is 1.68. The summed E-state index contributed by atoms with van der Waals surface area (Å²) >= 11 is 1.21. The fourth-order valence-electron chi connectivity index (χ4n) is 1.53. The number of rotatable bonds is 7. The zero-order valence-corrected chi connectivity index (χ0v) is 14.2. The molecule has 0 atom stereocenters. The number of methoxy groups -OCH3 is 1. The van der Waals surface area contributed by atoms with Gasteiger partial charge < -0.3 is 4.74 Å².